The van der Waals surface area contributed by atoms with E-state index in [1.165, 1.54) is 0 Å². The van der Waals surface area contributed by atoms with Crippen LogP contribution in [0.3, 0.4) is 0 Å². The minimum Gasteiger partial charge on any atom is -0.450 e. The predicted octanol–water partition coefficient (Wildman–Crippen LogP) is 5.75. The van der Waals surface area contributed by atoms with Crippen LogP contribution in [0.5, 0.6) is 17.2 Å². The Morgan fingerprint density at radius 1 is 0.967 bits per heavy atom. The van der Waals surface area contributed by atoms with E-state index in [0.29, 0.717) is 12.1 Å². The number of nitro benzene ring substituents is 2. The third kappa shape index (κ3) is 5.26. The van der Waals surface area contributed by atoms with Gasteiger partial charge in [0.25, 0.3) is 0 Å². The molecule has 2 aromatic carbocycles. The lowest BCUT2D eigenvalue weighted by atomic mass is 10.1. The maximum Gasteiger partial charge on any atom is 0.416 e. The summed E-state index contributed by atoms with van der Waals surface area (Å²) in [5.41, 5.74) is -2.39. The fraction of sp³-hybridized carbons (Fsp3) is 0.294. The Morgan fingerprint density at radius 3 is 2.07 bits per heavy atom. The van der Waals surface area contributed by atoms with Crippen molar-refractivity contribution >= 4 is 19.4 Å². The van der Waals surface area contributed by atoms with Crippen LogP contribution >= 0.6 is 8.03 Å². The van der Waals surface area contributed by atoms with E-state index in [2.05, 4.69) is 0 Å². The molecule has 13 heteroatoms. The molecule has 0 N–H and O–H groups in total. The van der Waals surface area contributed by atoms with E-state index in [9.17, 15) is 38.0 Å². The van der Waals surface area contributed by atoms with Crippen molar-refractivity contribution in [1.29, 1.82) is 0 Å². The number of ether oxygens (including phenoxy) is 1. The average molecular weight is 448 g/mol. The van der Waals surface area contributed by atoms with Gasteiger partial charge in [-0.05, 0) is 18.6 Å². The van der Waals surface area contributed by atoms with Gasteiger partial charge >= 0.3 is 17.6 Å². The smallest absolute Gasteiger partial charge is 0.416 e. The van der Waals surface area contributed by atoms with Crippen LogP contribution in [0.25, 0.3) is 0 Å². The van der Waals surface area contributed by atoms with Gasteiger partial charge in [0.1, 0.15) is 5.75 Å². The molecule has 9 nitrogen and oxygen atoms in total. The van der Waals surface area contributed by atoms with Crippen molar-refractivity contribution in [3.05, 3.63) is 61.7 Å². The second-order valence-corrected chi connectivity index (χ2v) is 7.56. The molecule has 0 heterocycles. The molecule has 0 spiro atoms. The molecule has 2 rings (SSSR count). The van der Waals surface area contributed by atoms with E-state index in [4.69, 9.17) is 9.26 Å². The van der Waals surface area contributed by atoms with Crippen molar-refractivity contribution in [3.63, 3.8) is 0 Å². The zero-order valence-electron chi connectivity index (χ0n) is 15.7. The highest BCUT2D eigenvalue weighted by atomic mass is 31.1. The second kappa shape index (κ2) is 9.12. The van der Waals surface area contributed by atoms with Crippen molar-refractivity contribution in [2.75, 3.05) is 6.16 Å². The summed E-state index contributed by atoms with van der Waals surface area (Å²) in [5, 5.41) is 22.5. The van der Waals surface area contributed by atoms with Crippen molar-refractivity contribution in [3.8, 4) is 17.2 Å². The maximum absolute atomic E-state index is 12.9. The Bertz CT molecular complexity index is 1010. The van der Waals surface area contributed by atoms with Crippen LogP contribution in [0.4, 0.5) is 24.5 Å². The number of alkyl halides is 3. The first-order valence-electron chi connectivity index (χ1n) is 8.53. The summed E-state index contributed by atoms with van der Waals surface area (Å²) in [6.07, 6.45) is -4.48. The van der Waals surface area contributed by atoms with Gasteiger partial charge in [0, 0.05) is 29.9 Å². The summed E-state index contributed by atoms with van der Waals surface area (Å²) in [7, 11) is -2.63. The molecule has 0 bridgehead atoms. The zero-order valence-corrected chi connectivity index (χ0v) is 16.7. The Hall–Kier alpha value is -3.14. The van der Waals surface area contributed by atoms with E-state index >= 15 is 0 Å². The molecule has 1 atom stereocenters. The molecule has 0 aliphatic heterocycles. The number of aryl methyl sites for hydroxylation is 1. The molecule has 0 radical (unpaired) electrons. The Balaban J connectivity index is 2.59. The SMILES string of the molecule is CCc1cc([N+](=O)[O-])c(O[PH](=O)CC)cc1Oc1ccc(C(F)(F)F)cc1[N+](=O)[O-]. The van der Waals surface area contributed by atoms with Gasteiger partial charge in [0.2, 0.25) is 19.5 Å². The van der Waals surface area contributed by atoms with Gasteiger partial charge in [-0.1, -0.05) is 13.8 Å². The number of rotatable bonds is 8. The molecular weight excluding hydrogens is 432 g/mol. The van der Waals surface area contributed by atoms with Crippen molar-refractivity contribution < 1.29 is 36.8 Å². The summed E-state index contributed by atoms with van der Waals surface area (Å²) < 4.78 is 60.9. The molecule has 2 aromatic rings. The first kappa shape index (κ1) is 23.1. The van der Waals surface area contributed by atoms with E-state index in [0.717, 1.165) is 18.2 Å². The number of halogens is 3. The molecule has 30 heavy (non-hydrogen) atoms. The molecule has 162 valence electrons. The molecular formula is C17H16F3N2O7P. The molecule has 0 aliphatic carbocycles. The quantitative estimate of drug-likeness (QED) is 0.286. The maximum atomic E-state index is 12.9. The Morgan fingerprint density at radius 2 is 1.57 bits per heavy atom. The van der Waals surface area contributed by atoms with Crippen molar-refractivity contribution in [2.24, 2.45) is 0 Å². The predicted molar refractivity (Wildman–Crippen MR) is 101 cm³/mol. The van der Waals surface area contributed by atoms with Crippen LogP contribution < -0.4 is 9.26 Å². The fourth-order valence-electron chi connectivity index (χ4n) is 2.42. The summed E-state index contributed by atoms with van der Waals surface area (Å²) in [5.74, 6) is -0.968. The van der Waals surface area contributed by atoms with Gasteiger partial charge in [0.05, 0.1) is 15.4 Å². The summed E-state index contributed by atoms with van der Waals surface area (Å²) in [4.78, 5) is 20.8. The lowest BCUT2D eigenvalue weighted by molar-refractivity contribution is -0.385. The number of nitrogens with zero attached hydrogens (tertiary/aromatic N) is 2. The van der Waals surface area contributed by atoms with Gasteiger partial charge in [-0.3, -0.25) is 24.8 Å². The highest BCUT2D eigenvalue weighted by molar-refractivity contribution is 7.39. The monoisotopic (exact) mass is 448 g/mol. The molecule has 0 saturated carbocycles. The van der Waals surface area contributed by atoms with Gasteiger partial charge in [-0.25, -0.2) is 0 Å². The van der Waals surface area contributed by atoms with Gasteiger partial charge in [0.15, 0.2) is 0 Å². The average Bonchev–Trinajstić information content (AvgIpc) is 2.67. The lowest BCUT2D eigenvalue weighted by Crippen LogP contribution is -2.06. The Labute approximate surface area is 168 Å². The normalized spacial score (nSPS) is 12.3. The number of hydrogen-bond acceptors (Lipinski definition) is 7. The molecule has 0 aromatic heterocycles. The van der Waals surface area contributed by atoms with Crippen molar-refractivity contribution in [2.45, 2.75) is 26.4 Å². The zero-order chi connectivity index (χ0) is 22.6. The topological polar surface area (TPSA) is 122 Å². The minimum absolute atomic E-state index is 0.105. The van der Waals surface area contributed by atoms with E-state index in [1.807, 2.05) is 0 Å². The van der Waals surface area contributed by atoms with Crippen molar-refractivity contribution in [1.82, 2.24) is 0 Å². The molecule has 0 amide bonds. The van der Waals surface area contributed by atoms with Crippen LogP contribution in [0.1, 0.15) is 25.0 Å². The summed E-state index contributed by atoms with van der Waals surface area (Å²) in [6, 6.07) is 3.89. The largest absolute Gasteiger partial charge is 0.450 e. The van der Waals surface area contributed by atoms with E-state index in [1.54, 1.807) is 13.8 Å². The molecule has 0 saturated heterocycles. The number of nitro groups is 2. The van der Waals surface area contributed by atoms with E-state index in [-0.39, 0.29) is 29.6 Å². The lowest BCUT2D eigenvalue weighted by Gasteiger charge is -2.14. The standard InChI is InChI=1S/C17H16F3N2O7P/c1-3-10-7-12(21(23)24)16(29-30(27)4-2)9-15(10)28-14-6-5-11(17(18,19)20)8-13(14)22(25)26/h5-9,30H,3-4H2,1-2H3. The summed E-state index contributed by atoms with van der Waals surface area (Å²) in [6.45, 7) is 3.18. The third-order valence-electron chi connectivity index (χ3n) is 3.94. The molecule has 0 fully saturated rings. The van der Waals surface area contributed by atoms with Gasteiger partial charge in [-0.15, -0.1) is 0 Å². The number of benzene rings is 2. The van der Waals surface area contributed by atoms with Gasteiger partial charge < -0.3 is 9.26 Å². The van der Waals surface area contributed by atoms with Crippen LogP contribution in [0.2, 0.25) is 0 Å². The highest BCUT2D eigenvalue weighted by Crippen LogP contribution is 2.43. The second-order valence-electron chi connectivity index (χ2n) is 5.91. The van der Waals surface area contributed by atoms with Crippen LogP contribution in [0, 0.1) is 20.2 Å². The van der Waals surface area contributed by atoms with Crippen LogP contribution in [0.15, 0.2) is 30.3 Å². The minimum atomic E-state index is -4.79. The van der Waals surface area contributed by atoms with Crippen LogP contribution in [-0.2, 0) is 17.2 Å². The third-order valence-corrected chi connectivity index (χ3v) is 4.96. The fourth-order valence-corrected chi connectivity index (χ4v) is 2.98. The van der Waals surface area contributed by atoms with E-state index < -0.39 is 46.7 Å². The highest BCUT2D eigenvalue weighted by Gasteiger charge is 2.33. The first-order valence-corrected chi connectivity index (χ1v) is 10.1. The Kier molecular flexibility index (Phi) is 7.04. The molecule has 0 aliphatic rings. The van der Waals surface area contributed by atoms with Crippen LogP contribution in [-0.4, -0.2) is 16.0 Å². The molecule has 1 unspecified atom stereocenters. The number of hydrogen-bond donors (Lipinski definition) is 0. The van der Waals surface area contributed by atoms with Gasteiger partial charge in [-0.2, -0.15) is 13.2 Å². The first-order chi connectivity index (χ1) is 14.0. The summed E-state index contributed by atoms with van der Waals surface area (Å²) >= 11 is 0.